The molecule has 160 valence electrons. The summed E-state index contributed by atoms with van der Waals surface area (Å²) in [6.45, 7) is 4.65. The number of carbonyl (C=O) groups excluding carboxylic acids is 2. The van der Waals surface area contributed by atoms with E-state index in [0.717, 1.165) is 12.1 Å². The fourth-order valence-corrected chi connectivity index (χ4v) is 3.27. The molecule has 1 heterocycles. The number of benzene rings is 2. The Bertz CT molecular complexity index is 928. The molecule has 0 saturated carbocycles. The molecule has 2 aromatic rings. The van der Waals surface area contributed by atoms with Crippen LogP contribution in [0.25, 0.3) is 0 Å². The van der Waals surface area contributed by atoms with Crippen LogP contribution in [0.5, 0.6) is 0 Å². The van der Waals surface area contributed by atoms with Gasteiger partial charge in [0, 0.05) is 36.9 Å². The van der Waals surface area contributed by atoms with Crippen molar-refractivity contribution in [2.45, 2.75) is 33.0 Å². The van der Waals surface area contributed by atoms with Crippen LogP contribution >= 0.6 is 0 Å². The van der Waals surface area contributed by atoms with Crippen molar-refractivity contribution in [3.63, 3.8) is 0 Å². The van der Waals surface area contributed by atoms with E-state index in [4.69, 9.17) is 0 Å². The molecule has 0 spiro atoms. The third-order valence-corrected chi connectivity index (χ3v) is 4.89. The largest absolute Gasteiger partial charge is 0.416 e. The van der Waals surface area contributed by atoms with Gasteiger partial charge in [0.15, 0.2) is 0 Å². The van der Waals surface area contributed by atoms with Crippen molar-refractivity contribution < 1.29 is 22.8 Å². The van der Waals surface area contributed by atoms with E-state index in [1.807, 2.05) is 0 Å². The van der Waals surface area contributed by atoms with Crippen molar-refractivity contribution in [1.29, 1.82) is 0 Å². The summed E-state index contributed by atoms with van der Waals surface area (Å²) in [6, 6.07) is 11.8. The van der Waals surface area contributed by atoms with Crippen molar-refractivity contribution in [1.82, 2.24) is 4.90 Å². The Hall–Kier alpha value is -3.03. The summed E-state index contributed by atoms with van der Waals surface area (Å²) in [5.41, 5.74) is 0.928. The van der Waals surface area contributed by atoms with E-state index in [-0.39, 0.29) is 24.4 Å². The summed E-state index contributed by atoms with van der Waals surface area (Å²) < 4.78 is 38.9. The summed E-state index contributed by atoms with van der Waals surface area (Å²) in [5, 5.41) is 2.81. The zero-order chi connectivity index (χ0) is 21.9. The number of rotatable bonds is 5. The van der Waals surface area contributed by atoms with E-state index < -0.39 is 11.7 Å². The Balaban J connectivity index is 1.75. The molecular formula is C22H24F3N3O2. The number of nitrogens with one attached hydrogen (secondary N) is 1. The van der Waals surface area contributed by atoms with Crippen molar-refractivity contribution in [3.8, 4) is 0 Å². The van der Waals surface area contributed by atoms with Gasteiger partial charge in [0.05, 0.1) is 5.56 Å². The molecule has 8 heteroatoms. The van der Waals surface area contributed by atoms with E-state index in [0.29, 0.717) is 36.4 Å². The number of hydrogen-bond donors (Lipinski definition) is 1. The van der Waals surface area contributed by atoms with Crippen LogP contribution in [-0.4, -0.2) is 29.9 Å². The number of carbonyl (C=O) groups is 2. The lowest BCUT2D eigenvalue weighted by Gasteiger charge is -2.36. The summed E-state index contributed by atoms with van der Waals surface area (Å²) in [4.78, 5) is 28.1. The maximum Gasteiger partial charge on any atom is 0.416 e. The lowest BCUT2D eigenvalue weighted by Crippen LogP contribution is -2.49. The van der Waals surface area contributed by atoms with Crippen molar-refractivity contribution in [2.24, 2.45) is 5.92 Å². The van der Waals surface area contributed by atoms with Gasteiger partial charge in [0.2, 0.25) is 5.91 Å². The Morgan fingerprint density at radius 2 is 1.83 bits per heavy atom. The average Bonchev–Trinajstić information content (AvgIpc) is 2.69. The smallest absolute Gasteiger partial charge is 0.326 e. The zero-order valence-corrected chi connectivity index (χ0v) is 16.9. The van der Waals surface area contributed by atoms with Crippen LogP contribution < -0.4 is 10.2 Å². The van der Waals surface area contributed by atoms with Gasteiger partial charge in [0.25, 0.3) is 0 Å². The molecule has 0 radical (unpaired) electrons. The highest BCUT2D eigenvalue weighted by Crippen LogP contribution is 2.30. The second-order valence-electron chi connectivity index (χ2n) is 7.60. The van der Waals surface area contributed by atoms with Gasteiger partial charge in [-0.15, -0.1) is 0 Å². The van der Waals surface area contributed by atoms with Crippen LogP contribution in [0.15, 0.2) is 48.5 Å². The minimum atomic E-state index is -4.42. The summed E-state index contributed by atoms with van der Waals surface area (Å²) >= 11 is 0. The first-order chi connectivity index (χ1) is 14.1. The molecular weight excluding hydrogens is 395 g/mol. The highest BCUT2D eigenvalue weighted by molar-refractivity contribution is 5.95. The molecule has 1 aliphatic heterocycles. The molecule has 0 aromatic heterocycles. The van der Waals surface area contributed by atoms with E-state index in [9.17, 15) is 22.8 Å². The molecule has 3 amide bonds. The minimum Gasteiger partial charge on any atom is -0.326 e. The fourth-order valence-electron chi connectivity index (χ4n) is 3.27. The van der Waals surface area contributed by atoms with Gasteiger partial charge in [-0.3, -0.25) is 9.69 Å². The molecule has 1 aliphatic rings. The lowest BCUT2D eigenvalue weighted by atomic mass is 10.1. The molecule has 5 nitrogen and oxygen atoms in total. The van der Waals surface area contributed by atoms with Crippen LogP contribution in [0.4, 0.5) is 29.3 Å². The Kier molecular flexibility index (Phi) is 6.34. The number of amides is 3. The van der Waals surface area contributed by atoms with Gasteiger partial charge in [-0.2, -0.15) is 13.2 Å². The number of alkyl halides is 3. The standard InChI is InChI=1S/C22H24F3N3O2/c1-15(2)20(29)26-18-8-4-9-19(13-18)28-11-5-10-27(21(28)30)14-16-6-3-7-17(12-16)22(23,24)25/h3-4,6-9,12-13,15H,5,10-11,14H2,1-2H3,(H,26,29). The first-order valence-corrected chi connectivity index (χ1v) is 9.78. The third-order valence-electron chi connectivity index (χ3n) is 4.89. The Morgan fingerprint density at radius 1 is 1.10 bits per heavy atom. The Morgan fingerprint density at radius 3 is 2.53 bits per heavy atom. The number of anilines is 2. The first kappa shape index (κ1) is 21.7. The van der Waals surface area contributed by atoms with Crippen molar-refractivity contribution in [3.05, 3.63) is 59.7 Å². The van der Waals surface area contributed by atoms with Gasteiger partial charge in [-0.05, 0) is 42.3 Å². The number of urea groups is 1. The molecule has 30 heavy (non-hydrogen) atoms. The van der Waals surface area contributed by atoms with Crippen LogP contribution in [0.2, 0.25) is 0 Å². The number of nitrogens with zero attached hydrogens (tertiary/aromatic N) is 2. The molecule has 2 aromatic carbocycles. The van der Waals surface area contributed by atoms with Crippen LogP contribution in [0.3, 0.4) is 0 Å². The molecule has 1 fully saturated rings. The van der Waals surface area contributed by atoms with Gasteiger partial charge in [0.1, 0.15) is 0 Å². The van der Waals surface area contributed by atoms with Crippen LogP contribution in [-0.2, 0) is 17.5 Å². The molecule has 1 saturated heterocycles. The predicted octanol–water partition coefficient (Wildman–Crippen LogP) is 5.13. The van der Waals surface area contributed by atoms with Gasteiger partial charge in [-0.25, -0.2) is 4.79 Å². The second kappa shape index (κ2) is 8.77. The van der Waals surface area contributed by atoms with Crippen molar-refractivity contribution >= 4 is 23.3 Å². The fraction of sp³-hybridized carbons (Fsp3) is 0.364. The van der Waals surface area contributed by atoms with E-state index in [2.05, 4.69) is 5.32 Å². The topological polar surface area (TPSA) is 52.7 Å². The van der Waals surface area contributed by atoms with Gasteiger partial charge < -0.3 is 10.2 Å². The second-order valence-corrected chi connectivity index (χ2v) is 7.60. The highest BCUT2D eigenvalue weighted by Gasteiger charge is 2.31. The Labute approximate surface area is 173 Å². The predicted molar refractivity (Wildman–Crippen MR) is 109 cm³/mol. The van der Waals surface area contributed by atoms with Crippen LogP contribution in [0.1, 0.15) is 31.4 Å². The normalized spacial score (nSPS) is 14.9. The molecule has 3 rings (SSSR count). The SMILES string of the molecule is CC(C)C(=O)Nc1cccc(N2CCCN(Cc3cccc(C(F)(F)F)c3)C2=O)c1. The molecule has 0 atom stereocenters. The molecule has 0 unspecified atom stereocenters. The molecule has 0 aliphatic carbocycles. The quantitative estimate of drug-likeness (QED) is 0.730. The lowest BCUT2D eigenvalue weighted by molar-refractivity contribution is -0.137. The summed E-state index contributed by atoms with van der Waals surface area (Å²) in [6.07, 6.45) is -3.73. The van der Waals surface area contributed by atoms with Crippen molar-refractivity contribution in [2.75, 3.05) is 23.3 Å². The minimum absolute atomic E-state index is 0.100. The van der Waals surface area contributed by atoms with Gasteiger partial charge >= 0.3 is 12.2 Å². The van der Waals surface area contributed by atoms with Crippen LogP contribution in [0, 0.1) is 5.92 Å². The zero-order valence-electron chi connectivity index (χ0n) is 16.9. The van der Waals surface area contributed by atoms with E-state index >= 15 is 0 Å². The van der Waals surface area contributed by atoms with Gasteiger partial charge in [-0.1, -0.05) is 32.0 Å². The van der Waals surface area contributed by atoms with E-state index in [1.165, 1.54) is 6.07 Å². The maximum atomic E-state index is 13.0. The summed E-state index contributed by atoms with van der Waals surface area (Å²) in [7, 11) is 0. The average molecular weight is 419 g/mol. The number of hydrogen-bond acceptors (Lipinski definition) is 2. The highest BCUT2D eigenvalue weighted by atomic mass is 19.4. The maximum absolute atomic E-state index is 13.0. The van der Waals surface area contributed by atoms with E-state index in [1.54, 1.807) is 54.0 Å². The molecule has 0 bridgehead atoms. The number of halogens is 3. The summed E-state index contributed by atoms with van der Waals surface area (Å²) in [5.74, 6) is -0.295. The monoisotopic (exact) mass is 419 g/mol. The molecule has 1 N–H and O–H groups in total. The third kappa shape index (κ3) is 5.11. The first-order valence-electron chi connectivity index (χ1n) is 9.78.